The summed E-state index contributed by atoms with van der Waals surface area (Å²) in [7, 11) is 0. The third kappa shape index (κ3) is 4.49. The fourth-order valence-electron chi connectivity index (χ4n) is 4.99. The van der Waals surface area contributed by atoms with Gasteiger partial charge in [-0.25, -0.2) is 4.99 Å². The molecule has 4 nitrogen and oxygen atoms in total. The zero-order valence-corrected chi connectivity index (χ0v) is 23.8. The Morgan fingerprint density at radius 3 is 2.68 bits per heavy atom. The number of nitrogens with zero attached hydrogens (tertiary/aromatic N) is 2. The molecule has 0 saturated carbocycles. The molecule has 37 heavy (non-hydrogen) atoms. The first kappa shape index (κ1) is 24.3. The normalized spacial score (nSPS) is 16.5. The number of allylic oxidation sites excluding steroid dienone is 1. The van der Waals surface area contributed by atoms with Gasteiger partial charge in [-0.15, -0.1) is 0 Å². The Morgan fingerprint density at radius 2 is 1.89 bits per heavy atom. The van der Waals surface area contributed by atoms with Crippen molar-refractivity contribution in [2.75, 3.05) is 6.61 Å². The number of thiazole rings is 1. The summed E-state index contributed by atoms with van der Waals surface area (Å²) in [5, 5.41) is 0. The fraction of sp³-hybridized carbons (Fsp3) is 0.133. The number of aryl methyl sites for hydroxylation is 1. The molecule has 0 bridgehead atoms. The van der Waals surface area contributed by atoms with Crippen LogP contribution in [0.25, 0.3) is 11.8 Å². The number of ether oxygens (including phenoxy) is 1. The van der Waals surface area contributed by atoms with E-state index in [2.05, 4.69) is 74.8 Å². The highest BCUT2D eigenvalue weighted by molar-refractivity contribution is 9.10. The minimum atomic E-state index is -0.184. The molecule has 0 unspecified atom stereocenters. The summed E-state index contributed by atoms with van der Waals surface area (Å²) in [5.41, 5.74) is 6.66. The van der Waals surface area contributed by atoms with Crippen LogP contribution in [0.3, 0.4) is 0 Å². The largest absolute Gasteiger partial charge is 0.488 e. The molecule has 4 aromatic rings. The molecule has 0 saturated heterocycles. The van der Waals surface area contributed by atoms with Crippen LogP contribution in [0, 0.1) is 0 Å². The zero-order chi connectivity index (χ0) is 25.5. The molecule has 1 aliphatic carbocycles. The van der Waals surface area contributed by atoms with Crippen molar-refractivity contribution >= 4 is 55.0 Å². The molecule has 184 valence electrons. The highest BCUT2D eigenvalue weighted by atomic mass is 79.9. The van der Waals surface area contributed by atoms with E-state index in [1.54, 1.807) is 6.08 Å². The van der Waals surface area contributed by atoms with Gasteiger partial charge in [0.15, 0.2) is 4.80 Å². The third-order valence-electron chi connectivity index (χ3n) is 6.67. The molecule has 0 fully saturated rings. The van der Waals surface area contributed by atoms with E-state index in [9.17, 15) is 4.79 Å². The molecule has 2 heterocycles. The quantitative estimate of drug-likeness (QED) is 0.239. The van der Waals surface area contributed by atoms with E-state index < -0.39 is 0 Å². The predicted octanol–water partition coefficient (Wildman–Crippen LogP) is 6.41. The van der Waals surface area contributed by atoms with Crippen LogP contribution in [0.1, 0.15) is 34.7 Å². The topological polar surface area (TPSA) is 43.6 Å². The highest BCUT2D eigenvalue weighted by Gasteiger charge is 2.32. The summed E-state index contributed by atoms with van der Waals surface area (Å²) in [6.45, 7) is 4.13. The standard InChI is InChI=1S/C30H22Br2N2O2S/c1-2-15-36-25-14-7-18(16-24(25)32)17-26-29(35)34-28(20-8-11-21(31)12-9-20)23-13-10-19-5-3-4-6-22(19)27(23)33-30(34)37-26/h2-9,11-12,14,16-17,28H,1,10,13,15H2/b26-17-/t28-/m1/s1. The van der Waals surface area contributed by atoms with Crippen molar-refractivity contribution in [1.29, 1.82) is 0 Å². The molecule has 0 spiro atoms. The van der Waals surface area contributed by atoms with Gasteiger partial charge in [0.1, 0.15) is 12.4 Å². The molecule has 2 aliphatic rings. The maximum atomic E-state index is 13.9. The summed E-state index contributed by atoms with van der Waals surface area (Å²) in [5.74, 6) is 0.736. The minimum absolute atomic E-state index is 0.0230. The van der Waals surface area contributed by atoms with Crippen molar-refractivity contribution in [1.82, 2.24) is 4.57 Å². The van der Waals surface area contributed by atoms with Crippen LogP contribution < -0.4 is 19.6 Å². The van der Waals surface area contributed by atoms with E-state index in [4.69, 9.17) is 9.73 Å². The molecular weight excluding hydrogens is 612 g/mol. The first-order valence-corrected chi connectivity index (χ1v) is 14.4. The summed E-state index contributed by atoms with van der Waals surface area (Å²) in [6, 6.07) is 22.4. The van der Waals surface area contributed by atoms with Gasteiger partial charge in [0.25, 0.3) is 5.56 Å². The van der Waals surface area contributed by atoms with E-state index >= 15 is 0 Å². The van der Waals surface area contributed by atoms with Gasteiger partial charge in [-0.2, -0.15) is 0 Å². The molecule has 6 rings (SSSR count). The average Bonchev–Trinajstić information content (AvgIpc) is 3.22. The number of halogens is 2. The average molecular weight is 634 g/mol. The second kappa shape index (κ2) is 10.0. The second-order valence-electron chi connectivity index (χ2n) is 8.95. The van der Waals surface area contributed by atoms with Crippen molar-refractivity contribution in [2.45, 2.75) is 18.9 Å². The molecule has 1 atom stereocenters. The molecule has 0 amide bonds. The van der Waals surface area contributed by atoms with Gasteiger partial charge in [0, 0.05) is 10.0 Å². The first-order chi connectivity index (χ1) is 18.0. The van der Waals surface area contributed by atoms with Crippen molar-refractivity contribution in [3.8, 4) is 5.75 Å². The van der Waals surface area contributed by atoms with E-state index in [0.717, 1.165) is 49.2 Å². The number of benzene rings is 3. The van der Waals surface area contributed by atoms with Crippen molar-refractivity contribution in [3.05, 3.63) is 136 Å². The Bertz CT molecular complexity index is 1750. The van der Waals surface area contributed by atoms with E-state index in [1.807, 2.05) is 41.0 Å². The molecule has 1 aromatic heterocycles. The lowest BCUT2D eigenvalue weighted by Gasteiger charge is -2.30. The van der Waals surface area contributed by atoms with Crippen LogP contribution in [-0.4, -0.2) is 11.2 Å². The Kier molecular flexibility index (Phi) is 6.61. The summed E-state index contributed by atoms with van der Waals surface area (Å²) in [6.07, 6.45) is 5.46. The van der Waals surface area contributed by atoms with Crippen LogP contribution in [0.4, 0.5) is 0 Å². The van der Waals surface area contributed by atoms with Gasteiger partial charge in [-0.1, -0.05) is 82.4 Å². The summed E-state index contributed by atoms with van der Waals surface area (Å²) >= 11 is 8.57. The van der Waals surface area contributed by atoms with Gasteiger partial charge >= 0.3 is 0 Å². The molecule has 3 aromatic carbocycles. The maximum Gasteiger partial charge on any atom is 0.271 e. The van der Waals surface area contributed by atoms with E-state index in [0.29, 0.717) is 11.1 Å². The van der Waals surface area contributed by atoms with Crippen molar-refractivity contribution in [2.24, 2.45) is 4.99 Å². The molecule has 7 heteroatoms. The summed E-state index contributed by atoms with van der Waals surface area (Å²) in [4.78, 5) is 19.7. The number of fused-ring (bicyclic) bond motifs is 3. The van der Waals surface area contributed by atoms with Gasteiger partial charge in [0.2, 0.25) is 0 Å². The number of hydrogen-bond acceptors (Lipinski definition) is 4. The van der Waals surface area contributed by atoms with Gasteiger partial charge < -0.3 is 4.74 Å². The first-order valence-electron chi connectivity index (χ1n) is 12.0. The third-order valence-corrected chi connectivity index (χ3v) is 8.80. The predicted molar refractivity (Wildman–Crippen MR) is 157 cm³/mol. The van der Waals surface area contributed by atoms with E-state index in [1.165, 1.54) is 28.0 Å². The molecule has 1 aliphatic heterocycles. The van der Waals surface area contributed by atoms with Crippen molar-refractivity contribution < 1.29 is 4.74 Å². The Balaban J connectivity index is 1.53. The van der Waals surface area contributed by atoms with Crippen LogP contribution in [0.5, 0.6) is 5.75 Å². The second-order valence-corrected chi connectivity index (χ2v) is 11.7. The lowest BCUT2D eigenvalue weighted by Crippen LogP contribution is -2.38. The summed E-state index contributed by atoms with van der Waals surface area (Å²) < 4.78 is 10.0. The van der Waals surface area contributed by atoms with Gasteiger partial charge in [-0.3, -0.25) is 9.36 Å². The van der Waals surface area contributed by atoms with Crippen LogP contribution in [-0.2, 0) is 6.42 Å². The lowest BCUT2D eigenvalue weighted by molar-refractivity contribution is 0.361. The number of rotatable bonds is 5. The Morgan fingerprint density at radius 1 is 1.08 bits per heavy atom. The fourth-order valence-corrected chi connectivity index (χ4v) is 6.77. The van der Waals surface area contributed by atoms with E-state index in [-0.39, 0.29) is 11.6 Å². The monoisotopic (exact) mass is 632 g/mol. The highest BCUT2D eigenvalue weighted by Crippen LogP contribution is 2.41. The van der Waals surface area contributed by atoms with Crippen molar-refractivity contribution in [3.63, 3.8) is 0 Å². The van der Waals surface area contributed by atoms with Crippen LogP contribution >= 0.6 is 43.2 Å². The SMILES string of the molecule is C=CCOc1ccc(/C=c2\sc3n(c2=O)[C@H](c2ccc(Br)cc2)C2=C(N=3)c3ccccc3CC2)cc1Br. The molecule has 0 N–H and O–H groups in total. The lowest BCUT2D eigenvalue weighted by atomic mass is 9.83. The zero-order valence-electron chi connectivity index (χ0n) is 19.8. The number of hydrogen-bond donors (Lipinski definition) is 0. The molecular formula is C30H22Br2N2O2S. The molecule has 0 radical (unpaired) electrons. The van der Waals surface area contributed by atoms with Gasteiger partial charge in [0.05, 0.1) is 20.7 Å². The van der Waals surface area contributed by atoms with Crippen LogP contribution in [0.15, 0.2) is 104 Å². The smallest absolute Gasteiger partial charge is 0.271 e. The van der Waals surface area contributed by atoms with Crippen LogP contribution in [0.2, 0.25) is 0 Å². The Labute approximate surface area is 235 Å². The van der Waals surface area contributed by atoms with Gasteiger partial charge in [-0.05, 0) is 81.4 Å². The Hall–Kier alpha value is -3.00. The maximum absolute atomic E-state index is 13.9. The number of aromatic nitrogens is 1. The minimum Gasteiger partial charge on any atom is -0.488 e.